The summed E-state index contributed by atoms with van der Waals surface area (Å²) in [7, 11) is 1.91. The van der Waals surface area contributed by atoms with Crippen LogP contribution in [0, 0.1) is 22.7 Å². The number of nitriles is 1. The SMILES string of the molecule is CCc1nnc(SCC(=O)Nc2sc3c(c2C#N)CCC(C(C)(C)C)C3)n1C. The number of carbonyl (C=O) groups excluding carboxylic acids is 1. The molecule has 2 aromatic heterocycles. The molecule has 0 spiro atoms. The van der Waals surface area contributed by atoms with Gasteiger partial charge in [0.2, 0.25) is 5.91 Å². The van der Waals surface area contributed by atoms with E-state index in [2.05, 4.69) is 42.4 Å². The predicted octanol–water partition coefficient (Wildman–Crippen LogP) is 4.19. The fraction of sp³-hybridized carbons (Fsp3) is 0.600. The molecule has 2 heterocycles. The average molecular weight is 418 g/mol. The van der Waals surface area contributed by atoms with Crippen LogP contribution in [0.2, 0.25) is 0 Å². The van der Waals surface area contributed by atoms with Gasteiger partial charge in [-0.1, -0.05) is 39.5 Å². The smallest absolute Gasteiger partial charge is 0.235 e. The van der Waals surface area contributed by atoms with Crippen molar-refractivity contribution in [3.63, 3.8) is 0 Å². The molecule has 0 radical (unpaired) electrons. The number of anilines is 1. The maximum atomic E-state index is 12.5. The molecule has 1 unspecified atom stereocenters. The maximum absolute atomic E-state index is 12.5. The van der Waals surface area contributed by atoms with Gasteiger partial charge in [-0.15, -0.1) is 21.5 Å². The number of amides is 1. The third-order valence-corrected chi connectivity index (χ3v) is 7.62. The number of rotatable bonds is 5. The average Bonchev–Trinajstić information content (AvgIpc) is 3.17. The van der Waals surface area contributed by atoms with Crippen LogP contribution in [0.25, 0.3) is 0 Å². The minimum Gasteiger partial charge on any atom is -0.316 e. The first-order valence-corrected chi connectivity index (χ1v) is 11.4. The first-order valence-electron chi connectivity index (χ1n) is 9.60. The molecule has 1 N–H and O–H groups in total. The van der Waals surface area contributed by atoms with E-state index in [-0.39, 0.29) is 17.1 Å². The minimum absolute atomic E-state index is 0.117. The van der Waals surface area contributed by atoms with E-state index in [0.717, 1.165) is 42.2 Å². The molecule has 28 heavy (non-hydrogen) atoms. The van der Waals surface area contributed by atoms with Crippen LogP contribution < -0.4 is 5.32 Å². The number of aromatic nitrogens is 3. The maximum Gasteiger partial charge on any atom is 0.235 e. The molecule has 0 saturated heterocycles. The highest BCUT2D eigenvalue weighted by Gasteiger charge is 2.32. The fourth-order valence-electron chi connectivity index (χ4n) is 3.60. The molecule has 0 fully saturated rings. The zero-order valence-electron chi connectivity index (χ0n) is 17.1. The Hall–Kier alpha value is -1.85. The second kappa shape index (κ2) is 8.26. The highest BCUT2D eigenvalue weighted by Crippen LogP contribution is 2.44. The highest BCUT2D eigenvalue weighted by atomic mass is 32.2. The van der Waals surface area contributed by atoms with Gasteiger partial charge < -0.3 is 9.88 Å². The van der Waals surface area contributed by atoms with E-state index in [0.29, 0.717) is 16.5 Å². The van der Waals surface area contributed by atoms with E-state index < -0.39 is 0 Å². The number of nitrogens with one attached hydrogen (secondary N) is 1. The van der Waals surface area contributed by atoms with Crippen molar-refractivity contribution in [1.29, 1.82) is 5.26 Å². The molecule has 1 amide bonds. The Balaban J connectivity index is 1.69. The van der Waals surface area contributed by atoms with Gasteiger partial charge in [-0.25, -0.2) is 0 Å². The quantitative estimate of drug-likeness (QED) is 0.738. The zero-order valence-corrected chi connectivity index (χ0v) is 18.8. The number of nitrogens with zero attached hydrogens (tertiary/aromatic N) is 4. The molecule has 1 atom stereocenters. The van der Waals surface area contributed by atoms with Gasteiger partial charge in [0.1, 0.15) is 16.9 Å². The molecule has 0 saturated carbocycles. The van der Waals surface area contributed by atoms with Crippen LogP contribution >= 0.6 is 23.1 Å². The third kappa shape index (κ3) is 4.26. The van der Waals surface area contributed by atoms with E-state index in [1.807, 2.05) is 18.5 Å². The molecule has 0 aromatic carbocycles. The Morgan fingerprint density at radius 2 is 2.18 bits per heavy atom. The molecule has 2 aromatic rings. The molecule has 3 rings (SSSR count). The largest absolute Gasteiger partial charge is 0.316 e. The Morgan fingerprint density at radius 1 is 1.43 bits per heavy atom. The lowest BCUT2D eigenvalue weighted by atomic mass is 9.72. The number of hydrogen-bond acceptors (Lipinski definition) is 6. The van der Waals surface area contributed by atoms with Crippen molar-refractivity contribution in [3.8, 4) is 6.07 Å². The molecule has 0 aliphatic heterocycles. The lowest BCUT2D eigenvalue weighted by molar-refractivity contribution is -0.113. The van der Waals surface area contributed by atoms with Gasteiger partial charge in [0, 0.05) is 18.3 Å². The van der Waals surface area contributed by atoms with Crippen LogP contribution in [0.15, 0.2) is 5.16 Å². The number of hydrogen-bond donors (Lipinski definition) is 1. The number of carbonyl (C=O) groups is 1. The van der Waals surface area contributed by atoms with Gasteiger partial charge in [0.05, 0.1) is 11.3 Å². The summed E-state index contributed by atoms with van der Waals surface area (Å²) in [5, 5.41) is 22.3. The van der Waals surface area contributed by atoms with Crippen molar-refractivity contribution in [1.82, 2.24) is 14.8 Å². The van der Waals surface area contributed by atoms with Crippen LogP contribution in [-0.4, -0.2) is 26.4 Å². The predicted molar refractivity (Wildman–Crippen MR) is 114 cm³/mol. The molecular formula is C20H27N5OS2. The zero-order chi connectivity index (χ0) is 20.5. The summed E-state index contributed by atoms with van der Waals surface area (Å²) >= 11 is 2.93. The van der Waals surface area contributed by atoms with Crippen molar-refractivity contribution < 1.29 is 4.79 Å². The number of thioether (sulfide) groups is 1. The van der Waals surface area contributed by atoms with E-state index in [9.17, 15) is 10.1 Å². The molecule has 6 nitrogen and oxygen atoms in total. The summed E-state index contributed by atoms with van der Waals surface area (Å²) in [6.07, 6.45) is 3.80. The Kier molecular flexibility index (Phi) is 6.15. The Bertz CT molecular complexity index is 916. The topological polar surface area (TPSA) is 83.6 Å². The van der Waals surface area contributed by atoms with Crippen molar-refractivity contribution in [2.24, 2.45) is 18.4 Å². The first kappa shape index (κ1) is 20.9. The van der Waals surface area contributed by atoms with Crippen molar-refractivity contribution >= 4 is 34.0 Å². The minimum atomic E-state index is -0.117. The molecular weight excluding hydrogens is 390 g/mol. The van der Waals surface area contributed by atoms with E-state index in [1.54, 1.807) is 11.3 Å². The summed E-state index contributed by atoms with van der Waals surface area (Å²) < 4.78 is 1.91. The Morgan fingerprint density at radius 3 is 2.79 bits per heavy atom. The molecule has 0 bridgehead atoms. The first-order chi connectivity index (χ1) is 13.2. The number of aryl methyl sites for hydroxylation is 1. The van der Waals surface area contributed by atoms with Gasteiger partial charge in [-0.2, -0.15) is 5.26 Å². The molecule has 150 valence electrons. The normalized spacial score (nSPS) is 16.5. The summed E-state index contributed by atoms with van der Waals surface area (Å²) in [5.74, 6) is 1.63. The van der Waals surface area contributed by atoms with Crippen LogP contribution in [-0.2, 0) is 31.1 Å². The van der Waals surface area contributed by atoms with Crippen molar-refractivity contribution in [2.45, 2.75) is 58.5 Å². The van der Waals surface area contributed by atoms with E-state index >= 15 is 0 Å². The summed E-state index contributed by atoms with van der Waals surface area (Å²) in [6, 6.07) is 2.32. The summed E-state index contributed by atoms with van der Waals surface area (Å²) in [6.45, 7) is 8.85. The fourth-order valence-corrected chi connectivity index (χ4v) is 5.63. The second-order valence-corrected chi connectivity index (χ2v) is 10.3. The number of thiophene rings is 1. The highest BCUT2D eigenvalue weighted by molar-refractivity contribution is 7.99. The van der Waals surface area contributed by atoms with Gasteiger partial charge in [-0.3, -0.25) is 4.79 Å². The molecule has 8 heteroatoms. The Labute approximate surface area is 174 Å². The van der Waals surface area contributed by atoms with Crippen LogP contribution in [0.4, 0.5) is 5.00 Å². The van der Waals surface area contributed by atoms with Gasteiger partial charge in [0.15, 0.2) is 5.16 Å². The monoisotopic (exact) mass is 417 g/mol. The van der Waals surface area contributed by atoms with Crippen molar-refractivity contribution in [3.05, 3.63) is 21.8 Å². The lowest BCUT2D eigenvalue weighted by Crippen LogP contribution is -2.26. The van der Waals surface area contributed by atoms with Crippen LogP contribution in [0.3, 0.4) is 0 Å². The van der Waals surface area contributed by atoms with Crippen LogP contribution in [0.5, 0.6) is 0 Å². The standard InChI is InChI=1S/C20H27N5OS2/c1-6-16-23-24-19(25(16)5)27-11-17(26)22-18-14(10-21)13-8-7-12(20(2,3)4)9-15(13)28-18/h12H,6-9,11H2,1-5H3,(H,22,26). The third-order valence-electron chi connectivity index (χ3n) is 5.43. The van der Waals surface area contributed by atoms with Gasteiger partial charge in [0.25, 0.3) is 0 Å². The van der Waals surface area contributed by atoms with Gasteiger partial charge >= 0.3 is 0 Å². The van der Waals surface area contributed by atoms with E-state index in [1.165, 1.54) is 16.6 Å². The second-order valence-electron chi connectivity index (χ2n) is 8.27. The number of fused-ring (bicyclic) bond motifs is 1. The molecule has 1 aliphatic carbocycles. The van der Waals surface area contributed by atoms with E-state index in [4.69, 9.17) is 0 Å². The van der Waals surface area contributed by atoms with Gasteiger partial charge in [-0.05, 0) is 36.2 Å². The lowest BCUT2D eigenvalue weighted by Gasteiger charge is -2.33. The molecule has 1 aliphatic rings. The summed E-state index contributed by atoms with van der Waals surface area (Å²) in [5.41, 5.74) is 2.04. The summed E-state index contributed by atoms with van der Waals surface area (Å²) in [4.78, 5) is 13.7. The van der Waals surface area contributed by atoms with Crippen LogP contribution in [0.1, 0.15) is 55.9 Å². The van der Waals surface area contributed by atoms with Crippen molar-refractivity contribution in [2.75, 3.05) is 11.1 Å².